The molecule has 2 saturated heterocycles. The Hall–Kier alpha value is -0.870. The lowest BCUT2D eigenvalue weighted by atomic mass is 9.96. The van der Waals surface area contributed by atoms with Gasteiger partial charge >= 0.3 is 12.1 Å². The molecule has 2 aliphatic heterocycles. The molecule has 0 radical (unpaired) electrons. The highest BCUT2D eigenvalue weighted by Crippen LogP contribution is 2.39. The van der Waals surface area contributed by atoms with Gasteiger partial charge in [0, 0.05) is 26.2 Å². The second-order valence-electron chi connectivity index (χ2n) is 5.67. The minimum absolute atomic E-state index is 0.149. The van der Waals surface area contributed by atoms with E-state index in [9.17, 15) is 26.4 Å². The highest BCUT2D eigenvalue weighted by atomic mass is 32.2. The van der Waals surface area contributed by atoms with Gasteiger partial charge < -0.3 is 5.11 Å². The summed E-state index contributed by atoms with van der Waals surface area (Å²) >= 11 is 0. The van der Waals surface area contributed by atoms with Crippen LogP contribution in [0.2, 0.25) is 0 Å². The summed E-state index contributed by atoms with van der Waals surface area (Å²) in [4.78, 5) is 11.0. The van der Waals surface area contributed by atoms with Crippen LogP contribution in [0.25, 0.3) is 0 Å². The van der Waals surface area contributed by atoms with Gasteiger partial charge in [0.05, 0.1) is 11.8 Å². The van der Waals surface area contributed by atoms with Crippen molar-refractivity contribution in [3.8, 4) is 0 Å². The van der Waals surface area contributed by atoms with Gasteiger partial charge in [0.1, 0.15) is 0 Å². The second-order valence-corrected chi connectivity index (χ2v) is 7.60. The van der Waals surface area contributed by atoms with Gasteiger partial charge in [0.25, 0.3) is 10.2 Å². The van der Waals surface area contributed by atoms with Crippen LogP contribution in [0.5, 0.6) is 0 Å². The summed E-state index contributed by atoms with van der Waals surface area (Å²) in [5.41, 5.74) is 0. The summed E-state index contributed by atoms with van der Waals surface area (Å²) < 4.78 is 65.0. The molecule has 2 fully saturated rings. The number of carboxylic acids is 1. The van der Waals surface area contributed by atoms with Gasteiger partial charge in [-0.05, 0) is 12.3 Å². The zero-order valence-corrected chi connectivity index (χ0v) is 12.2. The Labute approximate surface area is 120 Å². The molecule has 21 heavy (non-hydrogen) atoms. The molecular weight excluding hydrogens is 313 g/mol. The van der Waals surface area contributed by atoms with E-state index in [2.05, 4.69) is 0 Å². The van der Waals surface area contributed by atoms with E-state index in [1.165, 1.54) is 0 Å². The van der Waals surface area contributed by atoms with Crippen LogP contribution in [-0.4, -0.2) is 60.5 Å². The monoisotopic (exact) mass is 330 g/mol. The minimum Gasteiger partial charge on any atom is -0.481 e. The smallest absolute Gasteiger partial charge is 0.393 e. The van der Waals surface area contributed by atoms with Gasteiger partial charge in [-0.15, -0.1) is 0 Å². The highest BCUT2D eigenvalue weighted by Gasteiger charge is 2.55. The van der Waals surface area contributed by atoms with Gasteiger partial charge in [0.2, 0.25) is 0 Å². The first-order valence-corrected chi connectivity index (χ1v) is 7.98. The van der Waals surface area contributed by atoms with E-state index >= 15 is 0 Å². The zero-order chi connectivity index (χ0) is 16.0. The molecule has 3 atom stereocenters. The van der Waals surface area contributed by atoms with Crippen LogP contribution in [0.3, 0.4) is 0 Å². The topological polar surface area (TPSA) is 77.9 Å². The fourth-order valence-electron chi connectivity index (χ4n) is 2.81. The molecule has 122 valence electrons. The Bertz CT molecular complexity index is 522. The molecule has 1 unspecified atom stereocenters. The first-order valence-electron chi connectivity index (χ1n) is 6.58. The number of nitrogens with zero attached hydrogens (tertiary/aromatic N) is 2. The predicted molar refractivity (Wildman–Crippen MR) is 66.5 cm³/mol. The molecular formula is C11H17F3N2O4S. The summed E-state index contributed by atoms with van der Waals surface area (Å²) in [7, 11) is -4.03. The lowest BCUT2D eigenvalue weighted by Crippen LogP contribution is -2.42. The Balaban J connectivity index is 2.20. The molecule has 10 heteroatoms. The molecule has 0 bridgehead atoms. The molecule has 0 aromatic carbocycles. The number of carboxylic acid groups (broad SMARTS) is 1. The largest absolute Gasteiger partial charge is 0.481 e. The minimum atomic E-state index is -4.73. The van der Waals surface area contributed by atoms with Crippen LogP contribution in [0.1, 0.15) is 13.3 Å². The normalized spacial score (nSPS) is 32.7. The number of rotatable bonds is 3. The molecule has 0 aromatic heterocycles. The van der Waals surface area contributed by atoms with Gasteiger partial charge in [-0.3, -0.25) is 4.79 Å². The number of halogens is 3. The lowest BCUT2D eigenvalue weighted by Gasteiger charge is -2.23. The Morgan fingerprint density at radius 1 is 1.19 bits per heavy atom. The third-order valence-electron chi connectivity index (χ3n) is 4.06. The van der Waals surface area contributed by atoms with E-state index in [0.717, 1.165) is 4.31 Å². The van der Waals surface area contributed by atoms with E-state index in [1.807, 2.05) is 6.92 Å². The zero-order valence-electron chi connectivity index (χ0n) is 11.4. The first kappa shape index (κ1) is 16.5. The molecule has 2 rings (SSSR count). The van der Waals surface area contributed by atoms with Crippen molar-refractivity contribution in [2.45, 2.75) is 19.5 Å². The van der Waals surface area contributed by atoms with Gasteiger partial charge in [-0.2, -0.15) is 30.2 Å². The fraction of sp³-hybridized carbons (Fsp3) is 0.909. The first-order chi connectivity index (χ1) is 9.53. The third-order valence-corrected chi connectivity index (χ3v) is 6.00. The van der Waals surface area contributed by atoms with E-state index in [1.54, 1.807) is 0 Å². The molecule has 0 amide bonds. The molecule has 0 aromatic rings. The predicted octanol–water partition coefficient (Wildman–Crippen LogP) is 0.768. The third kappa shape index (κ3) is 3.16. The summed E-state index contributed by atoms with van der Waals surface area (Å²) in [5.74, 6) is -5.38. The van der Waals surface area contributed by atoms with E-state index in [4.69, 9.17) is 5.11 Å². The maximum Gasteiger partial charge on any atom is 0.393 e. The van der Waals surface area contributed by atoms with Gasteiger partial charge in [0.15, 0.2) is 0 Å². The number of hydrogen-bond donors (Lipinski definition) is 1. The molecule has 0 spiro atoms. The molecule has 1 N–H and O–H groups in total. The van der Waals surface area contributed by atoms with Crippen molar-refractivity contribution in [3.63, 3.8) is 0 Å². The average Bonchev–Trinajstić information content (AvgIpc) is 2.93. The summed E-state index contributed by atoms with van der Waals surface area (Å²) in [6, 6.07) is 0. The van der Waals surface area contributed by atoms with Crippen molar-refractivity contribution >= 4 is 16.2 Å². The average molecular weight is 330 g/mol. The standard InChI is InChI=1S/C11H17F3N2O4S/c1-7-2-3-15(4-7)21(19,20)16-5-8(10(17)18)9(6-16)11(12,13)14/h7-9H,2-6H2,1H3,(H,17,18)/t7?,8-,9-/m1/s1. The summed E-state index contributed by atoms with van der Waals surface area (Å²) in [5, 5.41) is 8.90. The van der Waals surface area contributed by atoms with Crippen LogP contribution in [0.4, 0.5) is 13.2 Å². The molecule has 0 aliphatic carbocycles. The van der Waals surface area contributed by atoms with Crippen molar-refractivity contribution in [1.82, 2.24) is 8.61 Å². The summed E-state index contributed by atoms with van der Waals surface area (Å²) in [6.07, 6.45) is -4.08. The van der Waals surface area contributed by atoms with Crippen molar-refractivity contribution in [2.75, 3.05) is 26.2 Å². The van der Waals surface area contributed by atoms with Gasteiger partial charge in [-0.1, -0.05) is 6.92 Å². The second kappa shape index (κ2) is 5.40. The van der Waals surface area contributed by atoms with Crippen LogP contribution < -0.4 is 0 Å². The summed E-state index contributed by atoms with van der Waals surface area (Å²) in [6.45, 7) is 0.917. The number of carbonyl (C=O) groups is 1. The van der Waals surface area contributed by atoms with Crippen molar-refractivity contribution in [2.24, 2.45) is 17.8 Å². The Kier molecular flexibility index (Phi) is 4.24. The number of alkyl halides is 3. The molecule has 6 nitrogen and oxygen atoms in total. The van der Waals surface area contributed by atoms with Crippen LogP contribution in [-0.2, 0) is 15.0 Å². The van der Waals surface area contributed by atoms with Crippen molar-refractivity contribution in [3.05, 3.63) is 0 Å². The van der Waals surface area contributed by atoms with Crippen molar-refractivity contribution < 1.29 is 31.5 Å². The van der Waals surface area contributed by atoms with Gasteiger partial charge in [-0.25, -0.2) is 0 Å². The SMILES string of the molecule is CC1CCN(S(=O)(=O)N2C[C@@H](C(F)(F)F)[C@H](C(=O)O)C2)C1. The molecule has 2 heterocycles. The van der Waals surface area contributed by atoms with Crippen LogP contribution in [0, 0.1) is 17.8 Å². The van der Waals surface area contributed by atoms with E-state index < -0.39 is 47.3 Å². The maximum absolute atomic E-state index is 12.9. The quantitative estimate of drug-likeness (QED) is 0.829. The molecule has 0 saturated carbocycles. The molecule has 2 aliphatic rings. The van der Waals surface area contributed by atoms with Crippen molar-refractivity contribution in [1.29, 1.82) is 0 Å². The lowest BCUT2D eigenvalue weighted by molar-refractivity contribution is -0.187. The number of aliphatic carboxylic acids is 1. The number of hydrogen-bond acceptors (Lipinski definition) is 3. The highest BCUT2D eigenvalue weighted by molar-refractivity contribution is 7.86. The van der Waals surface area contributed by atoms with E-state index in [0.29, 0.717) is 10.7 Å². The fourth-order valence-corrected chi connectivity index (χ4v) is 4.61. The van der Waals surface area contributed by atoms with E-state index in [-0.39, 0.29) is 19.0 Å². The van der Waals surface area contributed by atoms with Crippen LogP contribution >= 0.6 is 0 Å². The Morgan fingerprint density at radius 2 is 1.81 bits per heavy atom. The Morgan fingerprint density at radius 3 is 2.19 bits per heavy atom. The maximum atomic E-state index is 12.9. The van der Waals surface area contributed by atoms with Crippen LogP contribution in [0.15, 0.2) is 0 Å².